The van der Waals surface area contributed by atoms with Crippen LogP contribution in [0.2, 0.25) is 0 Å². The number of aliphatic hydroxyl groups is 1. The first kappa shape index (κ1) is 23.0. The molecule has 0 aliphatic carbocycles. The number of carbonyl (C=O) groups is 1. The number of rotatable bonds is 9. The van der Waals surface area contributed by atoms with Crippen LogP contribution in [-0.2, 0) is 16.1 Å². The lowest BCUT2D eigenvalue weighted by Gasteiger charge is -2.30. The van der Waals surface area contributed by atoms with Crippen molar-refractivity contribution in [2.45, 2.75) is 58.1 Å². The number of carbonyl (C=O) groups excluding carboxylic acids is 1. The molecule has 6 nitrogen and oxygen atoms in total. The molecule has 6 heteroatoms. The smallest absolute Gasteiger partial charge is 0.309 e. The Hall–Kier alpha value is -1.63. The molecule has 0 saturated carbocycles. The van der Waals surface area contributed by atoms with Crippen LogP contribution < -0.4 is 4.74 Å². The summed E-state index contributed by atoms with van der Waals surface area (Å²) in [4.78, 5) is 16.6. The minimum atomic E-state index is -0.464. The van der Waals surface area contributed by atoms with Crippen LogP contribution in [0, 0.1) is 5.92 Å². The largest absolute Gasteiger partial charge is 0.491 e. The van der Waals surface area contributed by atoms with Crippen LogP contribution in [-0.4, -0.2) is 72.9 Å². The first-order chi connectivity index (χ1) is 14.6. The molecule has 1 aromatic carbocycles. The van der Waals surface area contributed by atoms with Crippen molar-refractivity contribution in [3.63, 3.8) is 0 Å². The first-order valence-corrected chi connectivity index (χ1v) is 11.6. The third-order valence-electron chi connectivity index (χ3n) is 6.12. The summed E-state index contributed by atoms with van der Waals surface area (Å²) in [6.45, 7) is 8.16. The van der Waals surface area contributed by atoms with E-state index >= 15 is 0 Å². The number of esters is 1. The molecule has 30 heavy (non-hydrogen) atoms. The second-order valence-corrected chi connectivity index (χ2v) is 8.63. The monoisotopic (exact) mass is 418 g/mol. The predicted molar refractivity (Wildman–Crippen MR) is 117 cm³/mol. The van der Waals surface area contributed by atoms with Crippen LogP contribution in [0.4, 0.5) is 0 Å². The number of nitrogens with zero attached hydrogens (tertiary/aromatic N) is 2. The predicted octanol–water partition coefficient (Wildman–Crippen LogP) is 3.08. The topological polar surface area (TPSA) is 62.2 Å². The molecule has 1 aromatic rings. The van der Waals surface area contributed by atoms with Crippen LogP contribution >= 0.6 is 0 Å². The molecule has 3 rings (SSSR count). The average molecular weight is 419 g/mol. The molecule has 2 saturated heterocycles. The van der Waals surface area contributed by atoms with Gasteiger partial charge in [0.05, 0.1) is 12.5 Å². The SMILES string of the molecule is CCOC(=O)C1CCN(Cc2cccc(OCC(O)CN3CCCCCC3)c2)CC1. The van der Waals surface area contributed by atoms with Gasteiger partial charge in [0.25, 0.3) is 0 Å². The number of likely N-dealkylation sites (tertiary alicyclic amines) is 2. The third kappa shape index (κ3) is 7.56. The van der Waals surface area contributed by atoms with E-state index < -0.39 is 6.10 Å². The molecule has 2 heterocycles. The van der Waals surface area contributed by atoms with Crippen molar-refractivity contribution >= 4 is 5.97 Å². The van der Waals surface area contributed by atoms with Gasteiger partial charge in [0.2, 0.25) is 0 Å². The summed E-state index contributed by atoms with van der Waals surface area (Å²) >= 11 is 0. The Morgan fingerprint density at radius 1 is 1.10 bits per heavy atom. The fourth-order valence-corrected chi connectivity index (χ4v) is 4.44. The molecule has 2 aliphatic rings. The Labute approximate surface area is 181 Å². The maximum atomic E-state index is 11.9. The Morgan fingerprint density at radius 2 is 1.83 bits per heavy atom. The van der Waals surface area contributed by atoms with Gasteiger partial charge in [-0.2, -0.15) is 0 Å². The maximum Gasteiger partial charge on any atom is 0.309 e. The van der Waals surface area contributed by atoms with Gasteiger partial charge in [-0.15, -0.1) is 0 Å². The van der Waals surface area contributed by atoms with Crippen LogP contribution in [0.15, 0.2) is 24.3 Å². The van der Waals surface area contributed by atoms with Crippen molar-refractivity contribution < 1.29 is 19.4 Å². The van der Waals surface area contributed by atoms with Crippen molar-refractivity contribution in [2.24, 2.45) is 5.92 Å². The summed E-state index contributed by atoms with van der Waals surface area (Å²) < 4.78 is 11.0. The average Bonchev–Trinajstić information content (AvgIpc) is 3.02. The number of hydrogen-bond acceptors (Lipinski definition) is 6. The quantitative estimate of drug-likeness (QED) is 0.622. The van der Waals surface area contributed by atoms with Gasteiger partial charge >= 0.3 is 5.97 Å². The standard InChI is InChI=1S/C24H38N2O4/c1-2-29-24(28)21-10-14-26(15-11-21)17-20-8-7-9-23(16-20)30-19-22(27)18-25-12-5-3-4-6-13-25/h7-9,16,21-22,27H,2-6,10-15,17-19H2,1H3. The summed E-state index contributed by atoms with van der Waals surface area (Å²) in [5, 5.41) is 10.4. The van der Waals surface area contributed by atoms with Gasteiger partial charge in [0.15, 0.2) is 0 Å². The molecule has 1 N–H and O–H groups in total. The number of ether oxygens (including phenoxy) is 2. The van der Waals surface area contributed by atoms with E-state index in [0.717, 1.165) is 51.3 Å². The lowest BCUT2D eigenvalue weighted by atomic mass is 9.96. The Balaban J connectivity index is 1.40. The summed E-state index contributed by atoms with van der Waals surface area (Å²) in [6, 6.07) is 8.14. The molecule has 0 aromatic heterocycles. The highest BCUT2D eigenvalue weighted by Crippen LogP contribution is 2.22. The Morgan fingerprint density at radius 3 is 2.53 bits per heavy atom. The first-order valence-electron chi connectivity index (χ1n) is 11.6. The molecule has 0 spiro atoms. The fraction of sp³-hybridized carbons (Fsp3) is 0.708. The minimum absolute atomic E-state index is 0.0431. The third-order valence-corrected chi connectivity index (χ3v) is 6.12. The van der Waals surface area contributed by atoms with E-state index in [2.05, 4.69) is 21.9 Å². The van der Waals surface area contributed by atoms with E-state index in [-0.39, 0.29) is 11.9 Å². The van der Waals surface area contributed by atoms with Gasteiger partial charge in [-0.05, 0) is 76.5 Å². The number of piperidine rings is 1. The highest BCUT2D eigenvalue weighted by Gasteiger charge is 2.25. The molecular formula is C24H38N2O4. The Bertz CT molecular complexity index is 638. The molecule has 2 aliphatic heterocycles. The molecule has 0 bridgehead atoms. The van der Waals surface area contributed by atoms with E-state index in [1.54, 1.807) is 0 Å². The number of β-amino-alcohol motifs (C(OH)–C–C–N with tert-alkyl or cyclic N) is 1. The van der Waals surface area contributed by atoms with Gasteiger partial charge in [-0.1, -0.05) is 25.0 Å². The fourth-order valence-electron chi connectivity index (χ4n) is 4.44. The second-order valence-electron chi connectivity index (χ2n) is 8.63. The summed E-state index contributed by atoms with van der Waals surface area (Å²) in [5.74, 6) is 0.802. The van der Waals surface area contributed by atoms with Crippen LogP contribution in [0.5, 0.6) is 5.75 Å². The highest BCUT2D eigenvalue weighted by molar-refractivity contribution is 5.72. The van der Waals surface area contributed by atoms with Crippen molar-refractivity contribution in [3.05, 3.63) is 29.8 Å². The van der Waals surface area contributed by atoms with Crippen molar-refractivity contribution in [1.82, 2.24) is 9.80 Å². The molecule has 1 unspecified atom stereocenters. The van der Waals surface area contributed by atoms with E-state index in [4.69, 9.17) is 9.47 Å². The zero-order valence-electron chi connectivity index (χ0n) is 18.4. The second kappa shape index (κ2) is 12.3. The lowest BCUT2D eigenvalue weighted by Crippen LogP contribution is -2.36. The van der Waals surface area contributed by atoms with Gasteiger partial charge in [0.1, 0.15) is 18.5 Å². The van der Waals surface area contributed by atoms with Crippen LogP contribution in [0.3, 0.4) is 0 Å². The lowest BCUT2D eigenvalue weighted by molar-refractivity contribution is -0.149. The van der Waals surface area contributed by atoms with E-state index in [1.165, 1.54) is 31.2 Å². The van der Waals surface area contributed by atoms with E-state index in [0.29, 0.717) is 19.8 Å². The molecule has 0 radical (unpaired) electrons. The molecule has 2 fully saturated rings. The van der Waals surface area contributed by atoms with Crippen molar-refractivity contribution in [1.29, 1.82) is 0 Å². The molecule has 168 valence electrons. The molecule has 1 atom stereocenters. The number of benzene rings is 1. The number of hydrogen-bond donors (Lipinski definition) is 1. The zero-order valence-corrected chi connectivity index (χ0v) is 18.4. The number of aliphatic hydroxyl groups excluding tert-OH is 1. The van der Waals surface area contributed by atoms with Crippen LogP contribution in [0.1, 0.15) is 51.0 Å². The van der Waals surface area contributed by atoms with E-state index in [1.807, 2.05) is 19.1 Å². The van der Waals surface area contributed by atoms with Crippen molar-refractivity contribution in [2.75, 3.05) is 45.9 Å². The Kier molecular flexibility index (Phi) is 9.43. The van der Waals surface area contributed by atoms with Gasteiger partial charge in [0, 0.05) is 13.1 Å². The van der Waals surface area contributed by atoms with Gasteiger partial charge < -0.3 is 19.5 Å². The summed E-state index contributed by atoms with van der Waals surface area (Å²) in [7, 11) is 0. The van der Waals surface area contributed by atoms with Crippen LogP contribution in [0.25, 0.3) is 0 Å². The normalized spacial score (nSPS) is 20.5. The van der Waals surface area contributed by atoms with Gasteiger partial charge in [-0.25, -0.2) is 0 Å². The maximum absolute atomic E-state index is 11.9. The highest BCUT2D eigenvalue weighted by atomic mass is 16.5. The molecular weight excluding hydrogens is 380 g/mol. The zero-order chi connectivity index (χ0) is 21.2. The van der Waals surface area contributed by atoms with Gasteiger partial charge in [-0.3, -0.25) is 9.69 Å². The molecule has 0 amide bonds. The summed E-state index contributed by atoms with van der Waals surface area (Å²) in [6.07, 6.45) is 6.32. The van der Waals surface area contributed by atoms with E-state index in [9.17, 15) is 9.90 Å². The minimum Gasteiger partial charge on any atom is -0.491 e. The van der Waals surface area contributed by atoms with Crippen molar-refractivity contribution in [3.8, 4) is 5.75 Å². The summed E-state index contributed by atoms with van der Waals surface area (Å²) in [5.41, 5.74) is 1.20.